The fourth-order valence-electron chi connectivity index (χ4n) is 1.68. The lowest BCUT2D eigenvalue weighted by Gasteiger charge is -2.12. The van der Waals surface area contributed by atoms with Crippen molar-refractivity contribution in [2.45, 2.75) is 0 Å². The highest BCUT2D eigenvalue weighted by atomic mass is 35.5. The van der Waals surface area contributed by atoms with E-state index >= 15 is 0 Å². The Kier molecular flexibility index (Phi) is 5.00. The van der Waals surface area contributed by atoms with E-state index in [-0.39, 0.29) is 0 Å². The van der Waals surface area contributed by atoms with Crippen molar-refractivity contribution in [3.8, 4) is 5.75 Å². The molecule has 0 fully saturated rings. The maximum absolute atomic E-state index is 12.0. The summed E-state index contributed by atoms with van der Waals surface area (Å²) in [5.74, 6) is 1.07. The van der Waals surface area contributed by atoms with E-state index in [2.05, 4.69) is 20.6 Å². The molecule has 2 amide bonds. The van der Waals surface area contributed by atoms with E-state index in [1.807, 2.05) is 14.1 Å². The van der Waals surface area contributed by atoms with Crippen molar-refractivity contribution in [1.82, 2.24) is 9.97 Å². The third kappa shape index (κ3) is 3.98. The Bertz CT molecular complexity index is 661. The average molecular weight is 322 g/mol. The quantitative estimate of drug-likeness (QED) is 0.905. The van der Waals surface area contributed by atoms with E-state index in [9.17, 15) is 4.79 Å². The lowest BCUT2D eigenvalue weighted by molar-refractivity contribution is 0.262. The summed E-state index contributed by atoms with van der Waals surface area (Å²) in [6.07, 6.45) is 3.05. The van der Waals surface area contributed by atoms with Crippen molar-refractivity contribution in [3.63, 3.8) is 0 Å². The number of carbonyl (C=O) groups excluding carboxylic acids is 1. The number of amides is 2. The summed E-state index contributed by atoms with van der Waals surface area (Å²) >= 11 is 5.91. The van der Waals surface area contributed by atoms with E-state index in [1.165, 1.54) is 19.5 Å². The first kappa shape index (κ1) is 15.8. The first-order valence-corrected chi connectivity index (χ1v) is 6.78. The zero-order valence-electron chi connectivity index (χ0n) is 12.4. The molecule has 8 heteroatoms. The van der Waals surface area contributed by atoms with E-state index in [0.29, 0.717) is 28.1 Å². The third-order valence-electron chi connectivity index (χ3n) is 2.71. The topological polar surface area (TPSA) is 79.4 Å². The standard InChI is InChI=1S/C14H16ClN5O2/c1-20(2)13-16-7-10(8-17-13)18-14(21)19-11-6-9(15)4-5-12(11)22-3/h4-8H,1-3H3,(H2,18,19,21). The Morgan fingerprint density at radius 3 is 2.50 bits per heavy atom. The lowest BCUT2D eigenvalue weighted by Crippen LogP contribution is -2.20. The van der Waals surface area contributed by atoms with Crippen LogP contribution in [0.25, 0.3) is 0 Å². The molecule has 0 saturated heterocycles. The van der Waals surface area contributed by atoms with Crippen LogP contribution in [0.3, 0.4) is 0 Å². The number of urea groups is 1. The molecule has 22 heavy (non-hydrogen) atoms. The summed E-state index contributed by atoms with van der Waals surface area (Å²) in [6, 6.07) is 4.51. The fourth-order valence-corrected chi connectivity index (χ4v) is 1.85. The second kappa shape index (κ2) is 6.95. The number of anilines is 3. The zero-order chi connectivity index (χ0) is 16.1. The number of nitrogens with one attached hydrogen (secondary N) is 2. The second-order valence-corrected chi connectivity index (χ2v) is 5.03. The van der Waals surface area contributed by atoms with Gasteiger partial charge in [0, 0.05) is 19.1 Å². The number of ether oxygens (including phenoxy) is 1. The van der Waals surface area contributed by atoms with Crippen LogP contribution in [0.15, 0.2) is 30.6 Å². The maximum atomic E-state index is 12.0. The summed E-state index contributed by atoms with van der Waals surface area (Å²) in [5, 5.41) is 5.79. The number of methoxy groups -OCH3 is 1. The van der Waals surface area contributed by atoms with Gasteiger partial charge in [0.2, 0.25) is 5.95 Å². The zero-order valence-corrected chi connectivity index (χ0v) is 13.2. The highest BCUT2D eigenvalue weighted by Crippen LogP contribution is 2.27. The van der Waals surface area contributed by atoms with Gasteiger partial charge >= 0.3 is 6.03 Å². The Hall–Kier alpha value is -2.54. The highest BCUT2D eigenvalue weighted by molar-refractivity contribution is 6.31. The molecule has 2 N–H and O–H groups in total. The molecule has 0 radical (unpaired) electrons. The minimum atomic E-state index is -0.443. The number of benzene rings is 1. The molecule has 0 spiro atoms. The number of halogens is 1. The molecule has 0 aliphatic rings. The molecule has 116 valence electrons. The minimum absolute atomic E-state index is 0.443. The fraction of sp³-hybridized carbons (Fsp3) is 0.214. The lowest BCUT2D eigenvalue weighted by atomic mass is 10.3. The molecule has 2 aromatic rings. The average Bonchev–Trinajstić information content (AvgIpc) is 2.48. The van der Waals surface area contributed by atoms with E-state index < -0.39 is 6.03 Å². The first-order valence-electron chi connectivity index (χ1n) is 6.40. The molecular weight excluding hydrogens is 306 g/mol. The van der Waals surface area contributed by atoms with Gasteiger partial charge < -0.3 is 20.3 Å². The Morgan fingerprint density at radius 2 is 1.91 bits per heavy atom. The smallest absolute Gasteiger partial charge is 0.323 e. The van der Waals surface area contributed by atoms with Crippen LogP contribution in [-0.4, -0.2) is 37.2 Å². The van der Waals surface area contributed by atoms with Gasteiger partial charge in [-0.15, -0.1) is 0 Å². The number of hydrogen-bond donors (Lipinski definition) is 2. The molecule has 0 aliphatic carbocycles. The van der Waals surface area contributed by atoms with Gasteiger partial charge in [0.05, 0.1) is 30.9 Å². The van der Waals surface area contributed by atoms with Gasteiger partial charge in [-0.25, -0.2) is 14.8 Å². The Morgan fingerprint density at radius 1 is 1.23 bits per heavy atom. The van der Waals surface area contributed by atoms with Crippen LogP contribution < -0.4 is 20.3 Å². The van der Waals surface area contributed by atoms with Gasteiger partial charge in [-0.1, -0.05) is 11.6 Å². The van der Waals surface area contributed by atoms with Crippen LogP contribution >= 0.6 is 11.6 Å². The van der Waals surface area contributed by atoms with Crippen LogP contribution in [0.5, 0.6) is 5.75 Å². The van der Waals surface area contributed by atoms with Gasteiger partial charge in [0.1, 0.15) is 5.75 Å². The minimum Gasteiger partial charge on any atom is -0.495 e. The summed E-state index contributed by atoms with van der Waals surface area (Å²) in [7, 11) is 5.18. The Labute approximate surface area is 133 Å². The molecule has 0 bridgehead atoms. The van der Waals surface area contributed by atoms with E-state index in [1.54, 1.807) is 23.1 Å². The van der Waals surface area contributed by atoms with Crippen LogP contribution in [0.1, 0.15) is 0 Å². The number of aromatic nitrogens is 2. The molecule has 0 aliphatic heterocycles. The van der Waals surface area contributed by atoms with Crippen LogP contribution in [0, 0.1) is 0 Å². The summed E-state index contributed by atoms with van der Waals surface area (Å²) < 4.78 is 5.16. The van der Waals surface area contributed by atoms with Gasteiger partial charge in [0.15, 0.2) is 0 Å². The number of carbonyl (C=O) groups is 1. The molecule has 0 atom stereocenters. The second-order valence-electron chi connectivity index (χ2n) is 4.59. The predicted molar refractivity (Wildman–Crippen MR) is 87.0 cm³/mol. The van der Waals surface area contributed by atoms with Crippen LogP contribution in [0.4, 0.5) is 22.1 Å². The monoisotopic (exact) mass is 321 g/mol. The molecule has 2 rings (SSSR count). The summed E-state index contributed by atoms with van der Waals surface area (Å²) in [6.45, 7) is 0. The van der Waals surface area contributed by atoms with Gasteiger partial charge in [-0.2, -0.15) is 0 Å². The van der Waals surface area contributed by atoms with Crippen molar-refractivity contribution in [1.29, 1.82) is 0 Å². The van der Waals surface area contributed by atoms with Crippen LogP contribution in [-0.2, 0) is 0 Å². The van der Waals surface area contributed by atoms with Crippen LogP contribution in [0.2, 0.25) is 5.02 Å². The predicted octanol–water partition coefficient (Wildman–Crippen LogP) is 2.85. The largest absolute Gasteiger partial charge is 0.495 e. The molecule has 1 aromatic carbocycles. The molecular formula is C14H16ClN5O2. The van der Waals surface area contributed by atoms with Gasteiger partial charge in [0.25, 0.3) is 0 Å². The Balaban J connectivity index is 2.05. The number of nitrogens with zero attached hydrogens (tertiary/aromatic N) is 3. The van der Waals surface area contributed by atoms with Crippen molar-refractivity contribution in [2.24, 2.45) is 0 Å². The van der Waals surface area contributed by atoms with E-state index in [4.69, 9.17) is 16.3 Å². The number of hydrogen-bond acceptors (Lipinski definition) is 5. The van der Waals surface area contributed by atoms with Crippen molar-refractivity contribution in [2.75, 3.05) is 36.7 Å². The van der Waals surface area contributed by atoms with Crippen molar-refractivity contribution < 1.29 is 9.53 Å². The van der Waals surface area contributed by atoms with E-state index in [0.717, 1.165) is 0 Å². The van der Waals surface area contributed by atoms with Crippen molar-refractivity contribution in [3.05, 3.63) is 35.6 Å². The SMILES string of the molecule is COc1ccc(Cl)cc1NC(=O)Nc1cnc(N(C)C)nc1. The maximum Gasteiger partial charge on any atom is 0.323 e. The molecule has 1 heterocycles. The molecule has 0 saturated carbocycles. The molecule has 1 aromatic heterocycles. The normalized spacial score (nSPS) is 10.0. The highest BCUT2D eigenvalue weighted by Gasteiger charge is 2.09. The third-order valence-corrected chi connectivity index (χ3v) is 2.94. The summed E-state index contributed by atoms with van der Waals surface area (Å²) in [4.78, 5) is 22.0. The summed E-state index contributed by atoms with van der Waals surface area (Å²) in [5.41, 5.74) is 0.947. The molecule has 7 nitrogen and oxygen atoms in total. The molecule has 0 unspecified atom stereocenters. The number of rotatable bonds is 4. The van der Waals surface area contributed by atoms with Gasteiger partial charge in [-0.3, -0.25) is 0 Å². The van der Waals surface area contributed by atoms with Gasteiger partial charge in [-0.05, 0) is 18.2 Å². The van der Waals surface area contributed by atoms with Crippen molar-refractivity contribution >= 4 is 35.0 Å². The first-order chi connectivity index (χ1) is 10.5.